The van der Waals surface area contributed by atoms with E-state index in [1.165, 1.54) is 18.2 Å². The molecule has 0 radical (unpaired) electrons. The quantitative estimate of drug-likeness (QED) is 0.474. The first-order chi connectivity index (χ1) is 13.5. The van der Waals surface area contributed by atoms with Crippen LogP contribution in [0.25, 0.3) is 21.9 Å². The lowest BCUT2D eigenvalue weighted by Gasteiger charge is -2.11. The van der Waals surface area contributed by atoms with Gasteiger partial charge in [-0.25, -0.2) is 13.9 Å². The summed E-state index contributed by atoms with van der Waals surface area (Å²) < 4.78 is 28.9. The third-order valence-corrected chi connectivity index (χ3v) is 4.68. The molecule has 0 fully saturated rings. The summed E-state index contributed by atoms with van der Waals surface area (Å²) in [5, 5.41) is 7.83. The topological polar surface area (TPSA) is 97.8 Å². The van der Waals surface area contributed by atoms with Gasteiger partial charge in [0.25, 0.3) is 5.56 Å². The third-order valence-electron chi connectivity index (χ3n) is 4.68. The number of hydrogen-bond donors (Lipinski definition) is 3. The van der Waals surface area contributed by atoms with Gasteiger partial charge in [0, 0.05) is 22.9 Å². The van der Waals surface area contributed by atoms with Crippen molar-refractivity contribution in [3.05, 3.63) is 87.8 Å². The third kappa shape index (κ3) is 2.96. The molecule has 0 aliphatic carbocycles. The average molecular weight is 378 g/mol. The van der Waals surface area contributed by atoms with Crippen LogP contribution in [0.3, 0.4) is 0 Å². The number of nitrogens with two attached hydrogens (primary N) is 2. The van der Waals surface area contributed by atoms with Crippen LogP contribution in [0.5, 0.6) is 0 Å². The van der Waals surface area contributed by atoms with Gasteiger partial charge in [-0.2, -0.15) is 5.10 Å². The van der Waals surface area contributed by atoms with Crippen LogP contribution in [-0.2, 0) is 6.42 Å². The lowest BCUT2D eigenvalue weighted by atomic mass is 9.98. The molecule has 0 unspecified atom stereocenters. The Hall–Kier alpha value is -3.74. The molecule has 0 aliphatic heterocycles. The molecule has 5 nitrogen and oxygen atoms in total. The Morgan fingerprint density at radius 3 is 2.46 bits per heavy atom. The van der Waals surface area contributed by atoms with Crippen molar-refractivity contribution >= 4 is 22.1 Å². The number of halogens is 2. The zero-order valence-corrected chi connectivity index (χ0v) is 14.7. The minimum Gasteiger partial charge on any atom is -0.397 e. The first kappa shape index (κ1) is 17.7. The zero-order chi connectivity index (χ0) is 19.8. The predicted octanol–water partition coefficient (Wildman–Crippen LogP) is 3.62. The summed E-state index contributed by atoms with van der Waals surface area (Å²) >= 11 is 0. The minimum atomic E-state index is -0.760. The van der Waals surface area contributed by atoms with Crippen LogP contribution in [0, 0.1) is 11.6 Å². The summed E-state index contributed by atoms with van der Waals surface area (Å²) in [6.45, 7) is 0. The number of nitrogen functional groups attached to an aromatic ring is 2. The van der Waals surface area contributed by atoms with Crippen LogP contribution in [-0.4, -0.2) is 10.2 Å². The van der Waals surface area contributed by atoms with E-state index in [0.29, 0.717) is 28.5 Å². The Labute approximate surface area is 158 Å². The van der Waals surface area contributed by atoms with E-state index in [-0.39, 0.29) is 28.1 Å². The SMILES string of the molecule is Nc1ccc(-c2cc(Cc3n[nH]c(=O)c4ccccc34)ccc2F)c(F)c1N. The zero-order valence-electron chi connectivity index (χ0n) is 14.7. The number of benzene rings is 3. The maximum absolute atomic E-state index is 14.5. The molecule has 0 amide bonds. The van der Waals surface area contributed by atoms with Crippen molar-refractivity contribution in [2.24, 2.45) is 0 Å². The standard InChI is InChI=1S/C21H16F2N4O/c22-16-7-5-11(9-15(16)13-6-8-17(24)20(25)19(13)23)10-18-12-3-1-2-4-14(12)21(28)27-26-18/h1-9H,10,24-25H2,(H,27,28). The van der Waals surface area contributed by atoms with E-state index in [1.807, 2.05) is 6.07 Å². The second kappa shape index (κ2) is 6.77. The molecule has 0 bridgehead atoms. The van der Waals surface area contributed by atoms with Gasteiger partial charge in [-0.15, -0.1) is 0 Å². The number of rotatable bonds is 3. The van der Waals surface area contributed by atoms with Crippen molar-refractivity contribution in [2.45, 2.75) is 6.42 Å². The molecule has 5 N–H and O–H groups in total. The second-order valence-corrected chi connectivity index (χ2v) is 6.47. The Morgan fingerprint density at radius 1 is 0.929 bits per heavy atom. The molecule has 3 aromatic carbocycles. The monoisotopic (exact) mass is 378 g/mol. The summed E-state index contributed by atoms with van der Waals surface area (Å²) in [4.78, 5) is 11.9. The van der Waals surface area contributed by atoms with Crippen LogP contribution in [0.2, 0.25) is 0 Å². The lowest BCUT2D eigenvalue weighted by molar-refractivity contribution is 0.618. The van der Waals surface area contributed by atoms with E-state index >= 15 is 0 Å². The highest BCUT2D eigenvalue weighted by Crippen LogP contribution is 2.32. The van der Waals surface area contributed by atoms with Gasteiger partial charge in [0.1, 0.15) is 5.82 Å². The second-order valence-electron chi connectivity index (χ2n) is 6.47. The molecule has 1 aromatic heterocycles. The number of nitrogens with one attached hydrogen (secondary N) is 1. The van der Waals surface area contributed by atoms with Crippen LogP contribution in [0.15, 0.2) is 59.4 Å². The van der Waals surface area contributed by atoms with Crippen LogP contribution in [0.4, 0.5) is 20.2 Å². The molecular weight excluding hydrogens is 362 g/mol. The first-order valence-electron chi connectivity index (χ1n) is 8.54. The number of nitrogens with zero attached hydrogens (tertiary/aromatic N) is 1. The van der Waals surface area contributed by atoms with E-state index in [9.17, 15) is 13.6 Å². The lowest BCUT2D eigenvalue weighted by Crippen LogP contribution is -2.11. The molecule has 1 heterocycles. The summed E-state index contributed by atoms with van der Waals surface area (Å²) in [5.41, 5.74) is 12.3. The van der Waals surface area contributed by atoms with Gasteiger partial charge < -0.3 is 11.5 Å². The van der Waals surface area contributed by atoms with Crippen LogP contribution in [0.1, 0.15) is 11.3 Å². The van der Waals surface area contributed by atoms with E-state index in [4.69, 9.17) is 11.5 Å². The molecule has 0 spiro atoms. The van der Waals surface area contributed by atoms with Gasteiger partial charge in [-0.1, -0.05) is 24.3 Å². The summed E-state index contributed by atoms with van der Waals surface area (Å²) in [7, 11) is 0. The van der Waals surface area contributed by atoms with Crippen molar-refractivity contribution < 1.29 is 8.78 Å². The molecule has 0 saturated carbocycles. The van der Waals surface area contributed by atoms with Gasteiger partial charge in [-0.3, -0.25) is 4.79 Å². The number of hydrogen-bond acceptors (Lipinski definition) is 4. The normalized spacial score (nSPS) is 11.1. The molecule has 28 heavy (non-hydrogen) atoms. The maximum Gasteiger partial charge on any atom is 0.272 e. The first-order valence-corrected chi connectivity index (χ1v) is 8.54. The van der Waals surface area contributed by atoms with E-state index in [1.54, 1.807) is 30.3 Å². The Balaban J connectivity index is 1.80. The Kier molecular flexibility index (Phi) is 4.27. The molecule has 4 rings (SSSR count). The van der Waals surface area contributed by atoms with Gasteiger partial charge >= 0.3 is 0 Å². The van der Waals surface area contributed by atoms with Crippen LogP contribution < -0.4 is 17.0 Å². The highest BCUT2D eigenvalue weighted by molar-refractivity contribution is 5.83. The van der Waals surface area contributed by atoms with Gasteiger partial charge in [0.15, 0.2) is 5.82 Å². The Morgan fingerprint density at radius 2 is 1.68 bits per heavy atom. The molecule has 0 saturated heterocycles. The number of fused-ring (bicyclic) bond motifs is 1. The predicted molar refractivity (Wildman–Crippen MR) is 106 cm³/mol. The average Bonchev–Trinajstić information content (AvgIpc) is 2.70. The number of aromatic amines is 1. The highest BCUT2D eigenvalue weighted by Gasteiger charge is 2.16. The number of aromatic nitrogens is 2. The van der Waals surface area contributed by atoms with Crippen molar-refractivity contribution in [1.82, 2.24) is 10.2 Å². The number of H-pyrrole nitrogens is 1. The molecule has 4 aromatic rings. The van der Waals surface area contributed by atoms with Gasteiger partial charge in [0.2, 0.25) is 0 Å². The van der Waals surface area contributed by atoms with Crippen LogP contribution >= 0.6 is 0 Å². The molecule has 0 atom stereocenters. The summed E-state index contributed by atoms with van der Waals surface area (Å²) in [6, 6.07) is 14.4. The van der Waals surface area contributed by atoms with Gasteiger partial charge in [-0.05, 0) is 35.9 Å². The largest absolute Gasteiger partial charge is 0.397 e. The highest BCUT2D eigenvalue weighted by atomic mass is 19.1. The minimum absolute atomic E-state index is 0.0327. The summed E-state index contributed by atoms with van der Waals surface area (Å²) in [5.74, 6) is -1.34. The van der Waals surface area contributed by atoms with E-state index < -0.39 is 11.6 Å². The maximum atomic E-state index is 14.5. The molecule has 7 heteroatoms. The smallest absolute Gasteiger partial charge is 0.272 e. The molecular formula is C21H16F2N4O. The molecule has 0 aliphatic rings. The van der Waals surface area contributed by atoms with E-state index in [0.717, 1.165) is 0 Å². The number of anilines is 2. The van der Waals surface area contributed by atoms with Crippen molar-refractivity contribution in [3.63, 3.8) is 0 Å². The fourth-order valence-electron chi connectivity index (χ4n) is 3.20. The van der Waals surface area contributed by atoms with Crippen molar-refractivity contribution in [3.8, 4) is 11.1 Å². The van der Waals surface area contributed by atoms with Crippen molar-refractivity contribution in [2.75, 3.05) is 11.5 Å². The summed E-state index contributed by atoms with van der Waals surface area (Å²) in [6.07, 6.45) is 0.330. The fourth-order valence-corrected chi connectivity index (χ4v) is 3.20. The fraction of sp³-hybridized carbons (Fsp3) is 0.0476. The Bertz CT molecular complexity index is 1270. The van der Waals surface area contributed by atoms with Crippen molar-refractivity contribution in [1.29, 1.82) is 0 Å². The van der Waals surface area contributed by atoms with Gasteiger partial charge in [0.05, 0.1) is 22.5 Å². The molecule has 140 valence electrons. The van der Waals surface area contributed by atoms with E-state index in [2.05, 4.69) is 10.2 Å².